The van der Waals surface area contributed by atoms with Gasteiger partial charge in [0.2, 0.25) is 0 Å². The molecule has 0 atom stereocenters. The van der Waals surface area contributed by atoms with Gasteiger partial charge in [0.05, 0.1) is 17.4 Å². The molecule has 0 bridgehead atoms. The molecule has 1 aromatic heterocycles. The molecular formula is C13H20O3S. The van der Waals surface area contributed by atoms with Gasteiger partial charge < -0.3 is 9.52 Å². The second kappa shape index (κ2) is 6.74. The van der Waals surface area contributed by atoms with Crippen molar-refractivity contribution in [1.82, 2.24) is 0 Å². The Morgan fingerprint density at radius 2 is 2.24 bits per heavy atom. The van der Waals surface area contributed by atoms with Gasteiger partial charge in [-0.1, -0.05) is 6.42 Å². The van der Waals surface area contributed by atoms with Crippen molar-refractivity contribution in [2.24, 2.45) is 5.41 Å². The highest BCUT2D eigenvalue weighted by molar-refractivity contribution is 7.98. The van der Waals surface area contributed by atoms with E-state index in [0.29, 0.717) is 0 Å². The highest BCUT2D eigenvalue weighted by Crippen LogP contribution is 2.24. The van der Waals surface area contributed by atoms with Gasteiger partial charge in [0, 0.05) is 0 Å². The number of unbranched alkanes of at least 4 members (excludes halogenated alkanes) is 1. The van der Waals surface area contributed by atoms with Crippen molar-refractivity contribution in [2.45, 2.75) is 38.9 Å². The van der Waals surface area contributed by atoms with Crippen LogP contribution in [0, 0.1) is 5.41 Å². The van der Waals surface area contributed by atoms with Crippen LogP contribution in [0.2, 0.25) is 0 Å². The highest BCUT2D eigenvalue weighted by atomic mass is 32.2. The maximum Gasteiger partial charge on any atom is 0.309 e. The van der Waals surface area contributed by atoms with Crippen molar-refractivity contribution >= 4 is 17.7 Å². The fourth-order valence-electron chi connectivity index (χ4n) is 1.45. The highest BCUT2D eigenvalue weighted by Gasteiger charge is 2.25. The van der Waals surface area contributed by atoms with E-state index in [-0.39, 0.29) is 0 Å². The minimum absolute atomic E-state index is 0.592. The number of carboxylic acids is 1. The summed E-state index contributed by atoms with van der Waals surface area (Å²) in [5, 5.41) is 8.95. The first-order valence-corrected chi connectivity index (χ1v) is 7.01. The van der Waals surface area contributed by atoms with E-state index in [1.807, 2.05) is 23.9 Å². The Morgan fingerprint density at radius 1 is 1.47 bits per heavy atom. The van der Waals surface area contributed by atoms with Crippen LogP contribution in [0.4, 0.5) is 0 Å². The van der Waals surface area contributed by atoms with E-state index in [4.69, 9.17) is 9.52 Å². The van der Waals surface area contributed by atoms with Gasteiger partial charge in [0.1, 0.15) is 5.76 Å². The number of carbonyl (C=O) groups is 1. The maximum absolute atomic E-state index is 10.9. The van der Waals surface area contributed by atoms with Crippen LogP contribution in [0.15, 0.2) is 22.8 Å². The topological polar surface area (TPSA) is 50.4 Å². The first kappa shape index (κ1) is 14.2. The lowest BCUT2D eigenvalue weighted by Gasteiger charge is -2.18. The number of rotatable bonds is 8. The molecule has 1 aromatic rings. The van der Waals surface area contributed by atoms with Gasteiger partial charge in [-0.15, -0.1) is 0 Å². The molecule has 0 unspecified atom stereocenters. The third kappa shape index (κ3) is 5.31. The number of hydrogen-bond acceptors (Lipinski definition) is 3. The van der Waals surface area contributed by atoms with Crippen LogP contribution in [-0.4, -0.2) is 16.8 Å². The fourth-order valence-corrected chi connectivity index (χ4v) is 2.36. The average molecular weight is 256 g/mol. The first-order chi connectivity index (χ1) is 8.02. The van der Waals surface area contributed by atoms with Crippen LogP contribution in [0.1, 0.15) is 38.9 Å². The lowest BCUT2D eigenvalue weighted by atomic mass is 9.88. The summed E-state index contributed by atoms with van der Waals surface area (Å²) < 4.78 is 5.23. The number of carboxylic acid groups (broad SMARTS) is 1. The summed E-state index contributed by atoms with van der Waals surface area (Å²) in [5.74, 6) is 2.24. The molecule has 4 heteroatoms. The normalized spacial score (nSPS) is 11.6. The van der Waals surface area contributed by atoms with Gasteiger partial charge in [0.15, 0.2) is 0 Å². The van der Waals surface area contributed by atoms with Crippen LogP contribution < -0.4 is 0 Å². The standard InChI is InChI=1S/C13H20O3S/c1-13(2,12(14)15)7-3-4-9-17-10-11-6-5-8-16-11/h5-6,8H,3-4,7,9-10H2,1-2H3,(H,14,15). The number of hydrogen-bond donors (Lipinski definition) is 1. The molecule has 17 heavy (non-hydrogen) atoms. The monoisotopic (exact) mass is 256 g/mol. The molecule has 1 rings (SSSR count). The molecule has 0 aliphatic carbocycles. The third-order valence-corrected chi connectivity index (χ3v) is 3.81. The zero-order valence-electron chi connectivity index (χ0n) is 10.4. The average Bonchev–Trinajstić information content (AvgIpc) is 2.75. The summed E-state index contributed by atoms with van der Waals surface area (Å²) in [4.78, 5) is 10.9. The van der Waals surface area contributed by atoms with Gasteiger partial charge in [-0.25, -0.2) is 0 Å². The summed E-state index contributed by atoms with van der Waals surface area (Å²) in [5.41, 5.74) is -0.592. The third-order valence-electron chi connectivity index (χ3n) is 2.74. The number of thioether (sulfide) groups is 1. The van der Waals surface area contributed by atoms with Crippen molar-refractivity contribution in [3.05, 3.63) is 24.2 Å². The van der Waals surface area contributed by atoms with Gasteiger partial charge in [-0.2, -0.15) is 11.8 Å². The molecule has 3 nitrogen and oxygen atoms in total. The fraction of sp³-hybridized carbons (Fsp3) is 0.615. The van der Waals surface area contributed by atoms with Gasteiger partial charge in [-0.05, 0) is 44.6 Å². The largest absolute Gasteiger partial charge is 0.481 e. The molecule has 0 saturated carbocycles. The molecule has 1 heterocycles. The molecule has 0 aliphatic heterocycles. The molecule has 0 aliphatic rings. The molecule has 0 fully saturated rings. The zero-order chi connectivity index (χ0) is 12.7. The van der Waals surface area contributed by atoms with Crippen molar-refractivity contribution in [2.75, 3.05) is 5.75 Å². The van der Waals surface area contributed by atoms with Crippen molar-refractivity contribution in [3.8, 4) is 0 Å². The number of furan rings is 1. The van der Waals surface area contributed by atoms with E-state index < -0.39 is 11.4 Å². The van der Waals surface area contributed by atoms with Crippen LogP contribution in [0.3, 0.4) is 0 Å². The van der Waals surface area contributed by atoms with Crippen molar-refractivity contribution in [1.29, 1.82) is 0 Å². The van der Waals surface area contributed by atoms with Crippen LogP contribution in [-0.2, 0) is 10.5 Å². The second-order valence-corrected chi connectivity index (χ2v) is 5.88. The van der Waals surface area contributed by atoms with E-state index in [2.05, 4.69) is 0 Å². The summed E-state index contributed by atoms with van der Waals surface area (Å²) in [6.45, 7) is 3.57. The van der Waals surface area contributed by atoms with Gasteiger partial charge in [0.25, 0.3) is 0 Å². The molecule has 0 amide bonds. The van der Waals surface area contributed by atoms with Gasteiger partial charge >= 0.3 is 5.97 Å². The predicted molar refractivity (Wildman–Crippen MR) is 70.1 cm³/mol. The quantitative estimate of drug-likeness (QED) is 0.719. The van der Waals surface area contributed by atoms with Crippen molar-refractivity contribution < 1.29 is 14.3 Å². The Morgan fingerprint density at radius 3 is 2.82 bits per heavy atom. The van der Waals surface area contributed by atoms with Crippen LogP contribution in [0.5, 0.6) is 0 Å². The molecular weight excluding hydrogens is 236 g/mol. The second-order valence-electron chi connectivity index (χ2n) is 4.78. The van der Waals surface area contributed by atoms with E-state index in [9.17, 15) is 4.79 Å². The predicted octanol–water partition coefficient (Wildman–Crippen LogP) is 3.79. The summed E-state index contributed by atoms with van der Waals surface area (Å²) >= 11 is 1.83. The molecule has 0 saturated heterocycles. The zero-order valence-corrected chi connectivity index (χ0v) is 11.3. The van der Waals surface area contributed by atoms with Gasteiger partial charge in [-0.3, -0.25) is 4.79 Å². The Hall–Kier alpha value is -0.900. The van der Waals surface area contributed by atoms with Crippen LogP contribution in [0.25, 0.3) is 0 Å². The smallest absolute Gasteiger partial charge is 0.309 e. The van der Waals surface area contributed by atoms with Crippen LogP contribution >= 0.6 is 11.8 Å². The molecule has 0 aromatic carbocycles. The van der Waals surface area contributed by atoms with E-state index in [1.54, 1.807) is 20.1 Å². The van der Waals surface area contributed by atoms with E-state index in [1.165, 1.54) is 0 Å². The van der Waals surface area contributed by atoms with E-state index >= 15 is 0 Å². The first-order valence-electron chi connectivity index (χ1n) is 5.86. The summed E-state index contributed by atoms with van der Waals surface area (Å²) in [7, 11) is 0. The Labute approximate surface area is 107 Å². The number of aliphatic carboxylic acids is 1. The SMILES string of the molecule is CC(C)(CCCCSCc1ccco1)C(=O)O. The summed E-state index contributed by atoms with van der Waals surface area (Å²) in [6.07, 6.45) is 4.45. The Bertz CT molecular complexity index is 330. The Balaban J connectivity index is 2.03. The minimum Gasteiger partial charge on any atom is -0.481 e. The van der Waals surface area contributed by atoms with Crippen molar-refractivity contribution in [3.63, 3.8) is 0 Å². The maximum atomic E-state index is 10.9. The molecule has 0 spiro atoms. The lowest BCUT2D eigenvalue weighted by Crippen LogP contribution is -2.23. The molecule has 1 N–H and O–H groups in total. The lowest BCUT2D eigenvalue weighted by molar-refractivity contribution is -0.147. The van der Waals surface area contributed by atoms with E-state index in [0.717, 1.165) is 36.5 Å². The molecule has 96 valence electrons. The molecule has 0 radical (unpaired) electrons. The minimum atomic E-state index is -0.708. The summed E-state index contributed by atoms with van der Waals surface area (Å²) in [6, 6.07) is 3.87. The Kier molecular flexibility index (Phi) is 5.62.